The van der Waals surface area contributed by atoms with Crippen LogP contribution >= 0.6 is 23.5 Å². The lowest BCUT2D eigenvalue weighted by atomic mass is 10.1. The van der Waals surface area contributed by atoms with Gasteiger partial charge in [0, 0.05) is 46.4 Å². The van der Waals surface area contributed by atoms with E-state index >= 15 is 0 Å². The molecule has 1 aliphatic rings. The number of rotatable bonds is 4. The fourth-order valence-corrected chi connectivity index (χ4v) is 5.24. The second-order valence-electron chi connectivity index (χ2n) is 4.31. The molecule has 3 nitrogen and oxygen atoms in total. The first-order valence-corrected chi connectivity index (χ1v) is 8.28. The zero-order valence-corrected chi connectivity index (χ0v) is 12.4. The zero-order valence-electron chi connectivity index (χ0n) is 10.7. The summed E-state index contributed by atoms with van der Waals surface area (Å²) >= 11 is 4.18. The summed E-state index contributed by atoms with van der Waals surface area (Å²) in [6.45, 7) is 5.41. The van der Waals surface area contributed by atoms with Crippen LogP contribution < -0.4 is 5.32 Å². The van der Waals surface area contributed by atoms with E-state index in [4.69, 9.17) is 0 Å². The molecular formula is C12H21N3S2. The smallest absolute Gasteiger partial charge is 0.0538 e. The fraction of sp³-hybridized carbons (Fsp3) is 0.750. The minimum atomic E-state index is 0.420. The Morgan fingerprint density at radius 3 is 2.88 bits per heavy atom. The normalized spacial score (nSPS) is 27.0. The van der Waals surface area contributed by atoms with Gasteiger partial charge in [0.1, 0.15) is 0 Å². The van der Waals surface area contributed by atoms with Crippen LogP contribution in [0.25, 0.3) is 0 Å². The molecule has 1 aliphatic heterocycles. The van der Waals surface area contributed by atoms with E-state index < -0.39 is 0 Å². The van der Waals surface area contributed by atoms with Crippen LogP contribution in [0.15, 0.2) is 12.4 Å². The maximum Gasteiger partial charge on any atom is 0.0538 e. The van der Waals surface area contributed by atoms with E-state index in [0.29, 0.717) is 16.5 Å². The number of nitrogens with zero attached hydrogens (tertiary/aromatic N) is 2. The highest BCUT2D eigenvalue weighted by atomic mass is 32.2. The lowest BCUT2D eigenvalue weighted by Crippen LogP contribution is -2.36. The van der Waals surface area contributed by atoms with Crippen LogP contribution in [0.3, 0.4) is 0 Å². The molecule has 1 aromatic heterocycles. The van der Waals surface area contributed by atoms with E-state index in [2.05, 4.69) is 61.0 Å². The Bertz CT molecular complexity index is 353. The fourth-order valence-electron chi connectivity index (χ4n) is 2.25. The highest BCUT2D eigenvalue weighted by Gasteiger charge is 2.31. The molecule has 0 bridgehead atoms. The third-order valence-corrected chi connectivity index (χ3v) is 6.41. The number of nitrogens with one attached hydrogen (secondary N) is 1. The number of thioether (sulfide) groups is 2. The molecule has 3 atom stereocenters. The van der Waals surface area contributed by atoms with Gasteiger partial charge in [0.15, 0.2) is 0 Å². The maximum absolute atomic E-state index is 4.38. The van der Waals surface area contributed by atoms with Crippen molar-refractivity contribution in [2.45, 2.75) is 36.9 Å². The maximum atomic E-state index is 4.38. The van der Waals surface area contributed by atoms with E-state index in [0.717, 1.165) is 6.54 Å². The third kappa shape index (κ3) is 3.01. The van der Waals surface area contributed by atoms with Gasteiger partial charge in [0.2, 0.25) is 0 Å². The number of aryl methyl sites for hydroxylation is 1. The molecule has 1 N–H and O–H groups in total. The molecule has 3 unspecified atom stereocenters. The summed E-state index contributed by atoms with van der Waals surface area (Å²) in [5, 5.41) is 9.20. The summed E-state index contributed by atoms with van der Waals surface area (Å²) in [6.07, 6.45) is 4.19. The molecule has 0 aromatic carbocycles. The number of hydrogen-bond acceptors (Lipinski definition) is 4. The van der Waals surface area contributed by atoms with Crippen LogP contribution in [0.5, 0.6) is 0 Å². The molecule has 0 saturated carbocycles. The summed E-state index contributed by atoms with van der Waals surface area (Å²) in [5.74, 6) is 2.55. The van der Waals surface area contributed by atoms with Crippen molar-refractivity contribution >= 4 is 23.5 Å². The molecule has 2 rings (SSSR count). The van der Waals surface area contributed by atoms with Gasteiger partial charge in [-0.2, -0.15) is 28.6 Å². The molecule has 2 heterocycles. The van der Waals surface area contributed by atoms with E-state index in [1.807, 2.05) is 10.9 Å². The van der Waals surface area contributed by atoms with Gasteiger partial charge in [-0.15, -0.1) is 0 Å². The lowest BCUT2D eigenvalue weighted by molar-refractivity contribution is 0.559. The van der Waals surface area contributed by atoms with Crippen LogP contribution in [0.2, 0.25) is 0 Å². The largest absolute Gasteiger partial charge is 0.312 e. The van der Waals surface area contributed by atoms with Crippen LogP contribution in [0.1, 0.15) is 25.5 Å². The van der Waals surface area contributed by atoms with Crippen LogP contribution in [0, 0.1) is 0 Å². The van der Waals surface area contributed by atoms with Gasteiger partial charge in [-0.3, -0.25) is 4.68 Å². The van der Waals surface area contributed by atoms with Crippen molar-refractivity contribution in [3.8, 4) is 0 Å². The van der Waals surface area contributed by atoms with Crippen LogP contribution in [-0.4, -0.2) is 38.8 Å². The summed E-state index contributed by atoms with van der Waals surface area (Å²) in [6, 6.07) is 0.420. The summed E-state index contributed by atoms with van der Waals surface area (Å²) in [5.41, 5.74) is 1.32. The van der Waals surface area contributed by atoms with Crippen molar-refractivity contribution in [2.24, 2.45) is 0 Å². The first kappa shape index (κ1) is 13.3. The summed E-state index contributed by atoms with van der Waals surface area (Å²) < 4.78 is 2.00. The first-order valence-electron chi connectivity index (χ1n) is 6.19. The van der Waals surface area contributed by atoms with E-state index in [9.17, 15) is 0 Å². The second-order valence-corrected chi connectivity index (χ2v) is 7.08. The van der Waals surface area contributed by atoms with Crippen molar-refractivity contribution in [3.05, 3.63) is 18.0 Å². The van der Waals surface area contributed by atoms with Crippen LogP contribution in [-0.2, 0) is 6.54 Å². The highest BCUT2D eigenvalue weighted by Crippen LogP contribution is 2.38. The molecule has 0 spiro atoms. The van der Waals surface area contributed by atoms with Gasteiger partial charge in [-0.25, -0.2) is 0 Å². The molecule has 96 valence electrons. The Kier molecular flexibility index (Phi) is 4.82. The average molecular weight is 271 g/mol. The molecule has 1 fully saturated rings. The molecule has 5 heteroatoms. The quantitative estimate of drug-likeness (QED) is 0.911. The topological polar surface area (TPSA) is 29.9 Å². The van der Waals surface area contributed by atoms with Crippen molar-refractivity contribution in [3.63, 3.8) is 0 Å². The van der Waals surface area contributed by atoms with Gasteiger partial charge in [0.05, 0.1) is 6.20 Å². The van der Waals surface area contributed by atoms with Crippen molar-refractivity contribution in [1.29, 1.82) is 0 Å². The predicted octanol–water partition coefficient (Wildman–Crippen LogP) is 2.40. The zero-order chi connectivity index (χ0) is 12.3. The van der Waals surface area contributed by atoms with Gasteiger partial charge >= 0.3 is 0 Å². The van der Waals surface area contributed by atoms with Gasteiger partial charge < -0.3 is 5.32 Å². The SMILES string of the molecule is CCn1cc(C(NC)C2SCCSC2C)cn1. The molecule has 0 amide bonds. The number of hydrogen-bond donors (Lipinski definition) is 1. The molecule has 0 aliphatic carbocycles. The molecule has 0 radical (unpaired) electrons. The summed E-state index contributed by atoms with van der Waals surface area (Å²) in [7, 11) is 2.06. The van der Waals surface area contributed by atoms with Crippen molar-refractivity contribution < 1.29 is 0 Å². The van der Waals surface area contributed by atoms with Crippen molar-refractivity contribution in [2.75, 3.05) is 18.6 Å². The Balaban J connectivity index is 2.14. The minimum Gasteiger partial charge on any atom is -0.312 e. The van der Waals surface area contributed by atoms with E-state index in [1.165, 1.54) is 17.1 Å². The molecule has 17 heavy (non-hydrogen) atoms. The first-order chi connectivity index (χ1) is 8.26. The number of aromatic nitrogens is 2. The molecule has 1 saturated heterocycles. The third-order valence-electron chi connectivity index (χ3n) is 3.21. The Hall–Kier alpha value is -0.130. The molecular weight excluding hydrogens is 250 g/mol. The Morgan fingerprint density at radius 1 is 1.53 bits per heavy atom. The summed E-state index contributed by atoms with van der Waals surface area (Å²) in [4.78, 5) is 0. The van der Waals surface area contributed by atoms with Gasteiger partial charge in [-0.1, -0.05) is 6.92 Å². The second kappa shape index (κ2) is 6.16. The van der Waals surface area contributed by atoms with E-state index in [1.54, 1.807) is 0 Å². The molecule has 1 aromatic rings. The Labute approximate surface area is 112 Å². The van der Waals surface area contributed by atoms with Crippen LogP contribution in [0.4, 0.5) is 0 Å². The predicted molar refractivity (Wildman–Crippen MR) is 77.9 cm³/mol. The average Bonchev–Trinajstić information content (AvgIpc) is 2.81. The lowest BCUT2D eigenvalue weighted by Gasteiger charge is -2.33. The highest BCUT2D eigenvalue weighted by molar-refractivity contribution is 8.07. The van der Waals surface area contributed by atoms with Gasteiger partial charge in [-0.05, 0) is 14.0 Å². The van der Waals surface area contributed by atoms with Gasteiger partial charge in [0.25, 0.3) is 0 Å². The van der Waals surface area contributed by atoms with E-state index in [-0.39, 0.29) is 0 Å². The minimum absolute atomic E-state index is 0.420. The standard InChI is InChI=1S/C12H21N3S2/c1-4-15-8-10(7-14-15)11(13-3)12-9(2)16-5-6-17-12/h7-9,11-13H,4-6H2,1-3H3. The monoisotopic (exact) mass is 271 g/mol. The van der Waals surface area contributed by atoms with Crippen molar-refractivity contribution in [1.82, 2.24) is 15.1 Å². The Morgan fingerprint density at radius 2 is 2.29 bits per heavy atom.